The molecule has 0 amide bonds. The van der Waals surface area contributed by atoms with Crippen molar-refractivity contribution in [3.8, 4) is 56.3 Å². The third kappa shape index (κ3) is 7.46. The molecule has 0 saturated carbocycles. The Morgan fingerprint density at radius 1 is 0.742 bits per heavy atom. The summed E-state index contributed by atoms with van der Waals surface area (Å²) >= 11 is 0. The van der Waals surface area contributed by atoms with Gasteiger partial charge in [-0.25, -0.2) is 9.97 Å². The average molecular weight is 1050 g/mol. The quantitative estimate of drug-likeness (QED) is 0.168. The molecule has 0 bridgehead atoms. The van der Waals surface area contributed by atoms with Gasteiger partial charge >= 0.3 is 0 Å². The van der Waals surface area contributed by atoms with Gasteiger partial charge < -0.3 is 9.52 Å². The zero-order chi connectivity index (χ0) is 50.9. The second-order valence-electron chi connectivity index (χ2n) is 18.9. The summed E-state index contributed by atoms with van der Waals surface area (Å²) in [5.41, 5.74) is 9.32. The molecule has 4 aromatic heterocycles. The second kappa shape index (κ2) is 16.4. The number of imidazole rings is 1. The summed E-state index contributed by atoms with van der Waals surface area (Å²) in [5, 5.41) is 13.0. The van der Waals surface area contributed by atoms with E-state index >= 15 is 0 Å². The van der Waals surface area contributed by atoms with Gasteiger partial charge in [-0.05, 0) is 106 Å². The molecule has 7 heteroatoms. The molecule has 66 heavy (non-hydrogen) atoms. The maximum atomic E-state index is 12.1. The SMILES string of the molecule is [2H]C([2H])([2H])c1ccccc1-n1c(-c2c(O)ccc3c2oc2nc4c(cc23)C([2H])([2H])C(c2ccccc2)C4([2H])[2H])nc2c(-c3[c-]c(-c4cc(-c5ccccc5C(C)(C)C)ccn4)cc(C(C)(C)C)c3)cccc21.[Pt]. The van der Waals surface area contributed by atoms with Gasteiger partial charge in [0.05, 0.1) is 16.7 Å². The Hall–Kier alpha value is -6.62. The third-order valence-electron chi connectivity index (χ3n) is 12.5. The van der Waals surface area contributed by atoms with Gasteiger partial charge in [-0.1, -0.05) is 144 Å². The number of pyridine rings is 2. The number of hydrogen-bond donors (Lipinski definition) is 1. The van der Waals surface area contributed by atoms with Crippen LogP contribution in [0.4, 0.5) is 0 Å². The molecule has 0 aliphatic heterocycles. The molecule has 6 aromatic carbocycles. The van der Waals surface area contributed by atoms with E-state index in [1.165, 1.54) is 11.6 Å². The van der Waals surface area contributed by atoms with Gasteiger partial charge in [0.15, 0.2) is 11.4 Å². The van der Waals surface area contributed by atoms with Crippen LogP contribution in [0.15, 0.2) is 150 Å². The zero-order valence-electron chi connectivity index (χ0n) is 44.4. The number of aromatic nitrogens is 4. The van der Waals surface area contributed by atoms with Crippen molar-refractivity contribution in [3.63, 3.8) is 0 Å². The summed E-state index contributed by atoms with van der Waals surface area (Å²) < 4.78 is 71.6. The van der Waals surface area contributed by atoms with Crippen LogP contribution in [0.5, 0.6) is 5.75 Å². The smallest absolute Gasteiger partial charge is 0.227 e. The summed E-state index contributed by atoms with van der Waals surface area (Å²) in [4.78, 5) is 15.0. The number of aromatic hydroxyl groups is 1. The topological polar surface area (TPSA) is 77.0 Å². The molecule has 0 radical (unpaired) electrons. The number of rotatable bonds is 6. The Bertz CT molecular complexity index is 3810. The fourth-order valence-corrected chi connectivity index (χ4v) is 9.15. The molecule has 330 valence electrons. The first-order chi connectivity index (χ1) is 34.0. The minimum atomic E-state index is -2.55. The largest absolute Gasteiger partial charge is 0.507 e. The predicted octanol–water partition coefficient (Wildman–Crippen LogP) is 14.7. The summed E-state index contributed by atoms with van der Waals surface area (Å²) in [6.45, 7) is 10.5. The molecule has 1 unspecified atom stereocenters. The fraction of sp³-hybridized carbons (Fsp3) is 0.203. The number of fused-ring (bicyclic) bond motifs is 5. The molecular weight excluding hydrogens is 992 g/mol. The van der Waals surface area contributed by atoms with Crippen LogP contribution < -0.4 is 0 Å². The van der Waals surface area contributed by atoms with E-state index in [9.17, 15) is 10.6 Å². The van der Waals surface area contributed by atoms with Gasteiger partial charge in [0.1, 0.15) is 11.3 Å². The molecule has 1 aliphatic carbocycles. The van der Waals surface area contributed by atoms with Crippen LogP contribution >= 0.6 is 0 Å². The van der Waals surface area contributed by atoms with Gasteiger partial charge in [0.2, 0.25) is 5.71 Å². The number of phenolic OH excluding ortho intramolecular Hbond substituents is 1. The van der Waals surface area contributed by atoms with Crippen molar-refractivity contribution in [2.45, 2.75) is 77.9 Å². The van der Waals surface area contributed by atoms with Gasteiger partial charge in [0, 0.05) is 59.0 Å². The van der Waals surface area contributed by atoms with E-state index in [1.807, 2.05) is 36.5 Å². The second-order valence-corrected chi connectivity index (χ2v) is 18.9. The standard InChI is InChI=1S/C59H51N4O2.Pt/c1-35-16-11-14-22-50(35)63-51-23-15-20-44(39-29-40(31-42(30-39)58(2,3)4)48-33-37(26-27-60-48)43-19-12-13-21-47(43)59(5,6)7)54(51)62-56(63)53-52(64)25-24-45-46-32-41-28-38(36-17-9-8-10-18-36)34-49(41)61-57(46)65-55(45)53;/h8-27,30-33,38,64H,28,34H2,1-7H3;/q-1;/i1D3,28D2,34D2;. The monoisotopic (exact) mass is 1050 g/mol. The molecule has 1 atom stereocenters. The summed E-state index contributed by atoms with van der Waals surface area (Å²) in [7, 11) is 0. The average Bonchev–Trinajstić information content (AvgIpc) is 3.95. The number of furan rings is 1. The van der Waals surface area contributed by atoms with Crippen molar-refractivity contribution in [1.29, 1.82) is 0 Å². The first kappa shape index (κ1) is 35.6. The minimum absolute atomic E-state index is 0. The van der Waals surface area contributed by atoms with E-state index in [0.717, 1.165) is 33.5 Å². The first-order valence-corrected chi connectivity index (χ1v) is 21.9. The van der Waals surface area contributed by atoms with Crippen molar-refractivity contribution >= 4 is 33.1 Å². The van der Waals surface area contributed by atoms with Crippen molar-refractivity contribution in [3.05, 3.63) is 185 Å². The Morgan fingerprint density at radius 2 is 1.50 bits per heavy atom. The van der Waals surface area contributed by atoms with E-state index in [2.05, 4.69) is 90.1 Å². The van der Waals surface area contributed by atoms with E-state index in [-0.39, 0.29) is 77.1 Å². The Morgan fingerprint density at radius 3 is 2.30 bits per heavy atom. The normalized spacial score (nSPS) is 17.2. The van der Waals surface area contributed by atoms with Crippen LogP contribution in [0.2, 0.25) is 0 Å². The summed E-state index contributed by atoms with van der Waals surface area (Å²) in [5.74, 6) is -1.21. The van der Waals surface area contributed by atoms with Crippen LogP contribution in [0.25, 0.3) is 83.7 Å². The number of phenols is 1. The van der Waals surface area contributed by atoms with E-state index in [4.69, 9.17) is 23.5 Å². The summed E-state index contributed by atoms with van der Waals surface area (Å²) in [6, 6.07) is 46.6. The Balaban J connectivity index is 0.00000611. The Labute approximate surface area is 410 Å². The van der Waals surface area contributed by atoms with Crippen molar-refractivity contribution in [2.75, 3.05) is 0 Å². The van der Waals surface area contributed by atoms with Gasteiger partial charge in [0.25, 0.3) is 0 Å². The zero-order valence-corrected chi connectivity index (χ0v) is 39.7. The van der Waals surface area contributed by atoms with Crippen LogP contribution in [0.3, 0.4) is 0 Å². The predicted molar refractivity (Wildman–Crippen MR) is 265 cm³/mol. The van der Waals surface area contributed by atoms with Crippen LogP contribution in [-0.4, -0.2) is 24.6 Å². The molecule has 0 spiro atoms. The van der Waals surface area contributed by atoms with Crippen LogP contribution in [-0.2, 0) is 44.6 Å². The number of nitrogens with zero attached hydrogens (tertiary/aromatic N) is 4. The molecule has 11 rings (SSSR count). The summed E-state index contributed by atoms with van der Waals surface area (Å²) in [6.07, 6.45) is -2.52. The number of benzene rings is 6. The van der Waals surface area contributed by atoms with Gasteiger partial charge in [-0.2, -0.15) is 0 Å². The van der Waals surface area contributed by atoms with Crippen LogP contribution in [0, 0.1) is 12.9 Å². The fourth-order valence-electron chi connectivity index (χ4n) is 9.15. The van der Waals surface area contributed by atoms with Gasteiger partial charge in [-0.15, -0.1) is 29.3 Å². The molecule has 0 fully saturated rings. The van der Waals surface area contributed by atoms with Crippen molar-refractivity contribution in [1.82, 2.24) is 19.5 Å². The molecule has 10 aromatic rings. The molecule has 4 heterocycles. The number of para-hydroxylation sites is 2. The Kier molecular flexibility index (Phi) is 8.83. The third-order valence-corrected chi connectivity index (χ3v) is 12.5. The maximum absolute atomic E-state index is 12.1. The van der Waals surface area contributed by atoms with Crippen LogP contribution in [0.1, 0.15) is 90.6 Å². The van der Waals surface area contributed by atoms with Gasteiger partial charge in [-0.3, -0.25) is 9.55 Å². The molecular formula is C59H51N4O2Pt-. The minimum Gasteiger partial charge on any atom is -0.507 e. The number of hydrogen-bond acceptors (Lipinski definition) is 5. The van der Waals surface area contributed by atoms with Crippen molar-refractivity contribution in [2.24, 2.45) is 0 Å². The molecule has 1 aliphatic rings. The van der Waals surface area contributed by atoms with E-state index in [1.54, 1.807) is 65.2 Å². The number of aryl methyl sites for hydroxylation is 1. The van der Waals surface area contributed by atoms with Crippen molar-refractivity contribution < 1.29 is 40.2 Å². The molecule has 6 nitrogen and oxygen atoms in total. The first-order valence-electron chi connectivity index (χ1n) is 25.4. The molecule has 0 saturated heterocycles. The van der Waals surface area contributed by atoms with E-state index < -0.39 is 25.5 Å². The maximum Gasteiger partial charge on any atom is 0.227 e. The van der Waals surface area contributed by atoms with E-state index in [0.29, 0.717) is 38.6 Å². The molecule has 1 N–H and O–H groups in total.